The molecule has 0 radical (unpaired) electrons. The molecule has 0 aliphatic carbocycles. The van der Waals surface area contributed by atoms with Gasteiger partial charge in [0.25, 0.3) is 0 Å². The Labute approximate surface area is 120 Å². The molecule has 5 heteroatoms. The smallest absolute Gasteiger partial charge is 0.416 e. The summed E-state index contributed by atoms with van der Waals surface area (Å²) >= 11 is 5.27. The average molecular weight is 303 g/mol. The molecule has 0 fully saturated rings. The van der Waals surface area contributed by atoms with Crippen molar-refractivity contribution in [1.29, 1.82) is 0 Å². The van der Waals surface area contributed by atoms with E-state index in [-0.39, 0.29) is 10.8 Å². The molecular formula is C15H14ClF3O. The van der Waals surface area contributed by atoms with Crippen LogP contribution in [0.4, 0.5) is 13.2 Å². The molecule has 108 valence electrons. The van der Waals surface area contributed by atoms with Gasteiger partial charge in [-0.2, -0.15) is 13.2 Å². The summed E-state index contributed by atoms with van der Waals surface area (Å²) in [5, 5.41) is 8.51. The van der Waals surface area contributed by atoms with Gasteiger partial charge in [-0.3, -0.25) is 0 Å². The summed E-state index contributed by atoms with van der Waals surface area (Å²) in [5.41, 5.74) is 1.87. The van der Waals surface area contributed by atoms with Crippen molar-refractivity contribution in [1.82, 2.24) is 0 Å². The fraction of sp³-hybridized carbons (Fsp3) is 0.200. The van der Waals surface area contributed by atoms with Gasteiger partial charge in [0.05, 0.1) is 10.6 Å². The Balaban J connectivity index is 0.000000217. The van der Waals surface area contributed by atoms with Crippen LogP contribution in [0.1, 0.15) is 16.7 Å². The van der Waals surface area contributed by atoms with Crippen molar-refractivity contribution in [3.8, 4) is 5.75 Å². The predicted octanol–water partition coefficient (Wildman–Crippen LogP) is 5.37. The van der Waals surface area contributed by atoms with E-state index in [0.717, 1.165) is 12.1 Å². The molecule has 0 bridgehead atoms. The maximum Gasteiger partial charge on any atom is 0.416 e. The van der Waals surface area contributed by atoms with Gasteiger partial charge in [-0.25, -0.2) is 0 Å². The van der Waals surface area contributed by atoms with Gasteiger partial charge in [-0.1, -0.05) is 35.9 Å². The average Bonchev–Trinajstić information content (AvgIpc) is 2.36. The highest BCUT2D eigenvalue weighted by Gasteiger charge is 2.30. The summed E-state index contributed by atoms with van der Waals surface area (Å²) in [6.45, 7) is 4.24. The molecular weight excluding hydrogens is 289 g/mol. The Hall–Kier alpha value is -1.68. The Morgan fingerprint density at radius 1 is 0.950 bits per heavy atom. The molecule has 0 aliphatic heterocycles. The zero-order valence-electron chi connectivity index (χ0n) is 11.0. The van der Waals surface area contributed by atoms with Crippen LogP contribution in [0.3, 0.4) is 0 Å². The minimum absolute atomic E-state index is 0.301. The van der Waals surface area contributed by atoms with Crippen molar-refractivity contribution < 1.29 is 18.3 Å². The lowest BCUT2D eigenvalue weighted by atomic mass is 10.1. The number of phenolic OH excluding ortho intramolecular Hbond substituents is 1. The fourth-order valence-corrected chi connectivity index (χ4v) is 1.53. The van der Waals surface area contributed by atoms with Crippen LogP contribution >= 0.6 is 11.6 Å². The highest BCUT2D eigenvalue weighted by atomic mass is 35.5. The van der Waals surface area contributed by atoms with Crippen LogP contribution in [0.5, 0.6) is 5.75 Å². The first-order chi connectivity index (χ1) is 9.21. The molecule has 1 N–H and O–H groups in total. The molecule has 0 spiro atoms. The standard InChI is InChI=1S/C8H10.C7H4ClF3O/c1-7-5-3-4-6-8(7)2;8-5-3-4(7(9,10)11)1-2-6(5)12/h3-6H,1-2H3;1-3,12H. The lowest BCUT2D eigenvalue weighted by molar-refractivity contribution is -0.137. The first-order valence-electron chi connectivity index (χ1n) is 5.79. The molecule has 0 aromatic heterocycles. The van der Waals surface area contributed by atoms with Crippen LogP contribution in [0.2, 0.25) is 5.02 Å². The molecule has 0 heterocycles. The highest BCUT2D eigenvalue weighted by Crippen LogP contribution is 2.33. The maximum absolute atomic E-state index is 12.0. The minimum atomic E-state index is -4.42. The van der Waals surface area contributed by atoms with Crippen molar-refractivity contribution in [2.75, 3.05) is 0 Å². The van der Waals surface area contributed by atoms with Crippen molar-refractivity contribution >= 4 is 11.6 Å². The number of phenols is 1. The zero-order valence-corrected chi connectivity index (χ0v) is 11.8. The van der Waals surface area contributed by atoms with Gasteiger partial charge in [-0.15, -0.1) is 0 Å². The zero-order chi connectivity index (χ0) is 15.3. The Morgan fingerprint density at radius 3 is 1.80 bits per heavy atom. The summed E-state index contributed by atoms with van der Waals surface area (Å²) < 4.78 is 35.9. The number of rotatable bonds is 0. The second kappa shape index (κ2) is 6.66. The van der Waals surface area contributed by atoms with E-state index in [2.05, 4.69) is 38.1 Å². The highest BCUT2D eigenvalue weighted by molar-refractivity contribution is 6.32. The molecule has 20 heavy (non-hydrogen) atoms. The van der Waals surface area contributed by atoms with Gasteiger partial charge < -0.3 is 5.11 Å². The molecule has 0 aliphatic rings. The normalized spacial score (nSPS) is 10.7. The molecule has 0 unspecified atom stereocenters. The summed E-state index contributed by atoms with van der Waals surface area (Å²) in [6, 6.07) is 10.7. The maximum atomic E-state index is 12.0. The molecule has 2 aromatic rings. The SMILES string of the molecule is Cc1ccccc1C.Oc1ccc(C(F)(F)F)cc1Cl. The van der Waals surface area contributed by atoms with E-state index in [1.54, 1.807) is 0 Å². The monoisotopic (exact) mass is 302 g/mol. The molecule has 0 saturated heterocycles. The van der Waals surface area contributed by atoms with Gasteiger partial charge in [0.2, 0.25) is 0 Å². The van der Waals surface area contributed by atoms with E-state index in [4.69, 9.17) is 16.7 Å². The van der Waals surface area contributed by atoms with Gasteiger partial charge in [-0.05, 0) is 43.2 Å². The van der Waals surface area contributed by atoms with Crippen LogP contribution < -0.4 is 0 Å². The number of benzene rings is 2. The van der Waals surface area contributed by atoms with Crippen molar-refractivity contribution in [2.24, 2.45) is 0 Å². The second-order valence-electron chi connectivity index (χ2n) is 4.25. The molecule has 2 aromatic carbocycles. The number of aryl methyl sites for hydroxylation is 2. The van der Waals surface area contributed by atoms with Crippen molar-refractivity contribution in [3.63, 3.8) is 0 Å². The first kappa shape index (κ1) is 16.4. The van der Waals surface area contributed by atoms with E-state index in [9.17, 15) is 13.2 Å². The Morgan fingerprint density at radius 2 is 1.45 bits per heavy atom. The Bertz CT molecular complexity index is 559. The van der Waals surface area contributed by atoms with E-state index in [0.29, 0.717) is 6.07 Å². The van der Waals surface area contributed by atoms with Gasteiger partial charge >= 0.3 is 6.18 Å². The largest absolute Gasteiger partial charge is 0.506 e. The molecule has 1 nitrogen and oxygen atoms in total. The lowest BCUT2D eigenvalue weighted by Gasteiger charge is -2.06. The van der Waals surface area contributed by atoms with Crippen LogP contribution in [0.25, 0.3) is 0 Å². The van der Waals surface area contributed by atoms with Crippen LogP contribution in [0, 0.1) is 13.8 Å². The molecule has 0 amide bonds. The van der Waals surface area contributed by atoms with Crippen LogP contribution in [-0.4, -0.2) is 5.11 Å². The third-order valence-electron chi connectivity index (χ3n) is 2.70. The third-order valence-corrected chi connectivity index (χ3v) is 3.00. The van der Waals surface area contributed by atoms with Gasteiger partial charge in [0, 0.05) is 0 Å². The summed E-state index contributed by atoms with van der Waals surface area (Å²) in [4.78, 5) is 0. The second-order valence-corrected chi connectivity index (χ2v) is 4.66. The van der Waals surface area contributed by atoms with Gasteiger partial charge in [0.15, 0.2) is 0 Å². The van der Waals surface area contributed by atoms with E-state index >= 15 is 0 Å². The number of hydrogen-bond acceptors (Lipinski definition) is 1. The Kier molecular flexibility index (Phi) is 5.45. The fourth-order valence-electron chi connectivity index (χ4n) is 1.35. The summed E-state index contributed by atoms with van der Waals surface area (Å²) in [6.07, 6.45) is -4.42. The minimum Gasteiger partial charge on any atom is -0.506 e. The molecule has 0 saturated carbocycles. The van der Waals surface area contributed by atoms with E-state index in [1.165, 1.54) is 11.1 Å². The number of alkyl halides is 3. The van der Waals surface area contributed by atoms with Crippen molar-refractivity contribution in [3.05, 3.63) is 64.2 Å². The van der Waals surface area contributed by atoms with Gasteiger partial charge in [0.1, 0.15) is 5.75 Å². The lowest BCUT2D eigenvalue weighted by Crippen LogP contribution is -2.03. The topological polar surface area (TPSA) is 20.2 Å². The predicted molar refractivity (Wildman–Crippen MR) is 74.0 cm³/mol. The van der Waals surface area contributed by atoms with Crippen molar-refractivity contribution in [2.45, 2.75) is 20.0 Å². The van der Waals surface area contributed by atoms with Crippen LogP contribution in [0.15, 0.2) is 42.5 Å². The quantitative estimate of drug-likeness (QED) is 0.694. The number of aromatic hydroxyl groups is 1. The number of halogens is 4. The van der Waals surface area contributed by atoms with E-state index < -0.39 is 11.7 Å². The summed E-state index contributed by atoms with van der Waals surface area (Å²) in [5.74, 6) is -0.357. The third kappa shape index (κ3) is 4.78. The number of hydrogen-bond donors (Lipinski definition) is 1. The summed E-state index contributed by atoms with van der Waals surface area (Å²) in [7, 11) is 0. The first-order valence-corrected chi connectivity index (χ1v) is 6.17. The van der Waals surface area contributed by atoms with E-state index in [1.807, 2.05) is 0 Å². The molecule has 0 atom stereocenters. The molecule has 2 rings (SSSR count). The van der Waals surface area contributed by atoms with Crippen LogP contribution in [-0.2, 0) is 6.18 Å².